The molecule has 13 heavy (non-hydrogen) atoms. The number of thiazole rings is 1. The highest BCUT2D eigenvalue weighted by Gasteiger charge is 1.99. The van der Waals surface area contributed by atoms with Crippen LogP contribution in [0.2, 0.25) is 0 Å². The minimum Gasteiger partial charge on any atom is -0.382 e. The first kappa shape index (κ1) is 10.4. The number of rotatable bonds is 6. The van der Waals surface area contributed by atoms with E-state index in [9.17, 15) is 0 Å². The van der Waals surface area contributed by atoms with Crippen molar-refractivity contribution in [3.05, 3.63) is 11.1 Å². The molecule has 0 amide bonds. The fourth-order valence-electron chi connectivity index (χ4n) is 0.756. The quantitative estimate of drug-likeness (QED) is 0.402. The Labute approximate surface area is 80.8 Å². The van der Waals surface area contributed by atoms with E-state index in [0.717, 1.165) is 4.88 Å². The molecule has 74 valence electrons. The molecule has 0 aliphatic heterocycles. The molecular formula is C7H13N3O2S. The Hall–Kier alpha value is -0.690. The Morgan fingerprint density at radius 3 is 3.08 bits per heavy atom. The number of nitrogen functional groups attached to an aromatic ring is 1. The third-order valence-electron chi connectivity index (χ3n) is 1.35. The van der Waals surface area contributed by atoms with Crippen LogP contribution in [-0.2, 0) is 16.1 Å². The van der Waals surface area contributed by atoms with Crippen molar-refractivity contribution in [3.63, 3.8) is 0 Å². The molecule has 0 saturated carbocycles. The minimum atomic E-state index is 0.558. The number of anilines is 1. The Kier molecular flexibility index (Phi) is 4.69. The van der Waals surface area contributed by atoms with Crippen LogP contribution in [0.15, 0.2) is 6.20 Å². The number of nitrogens with one attached hydrogen (secondary N) is 1. The predicted molar refractivity (Wildman–Crippen MR) is 51.5 cm³/mol. The van der Waals surface area contributed by atoms with Gasteiger partial charge in [-0.15, -0.1) is 0 Å². The van der Waals surface area contributed by atoms with Crippen LogP contribution in [-0.4, -0.2) is 25.3 Å². The van der Waals surface area contributed by atoms with E-state index in [-0.39, 0.29) is 0 Å². The Morgan fingerprint density at radius 2 is 2.46 bits per heavy atom. The average molecular weight is 203 g/mol. The van der Waals surface area contributed by atoms with Gasteiger partial charge in [-0.3, -0.25) is 5.43 Å². The Morgan fingerprint density at radius 1 is 1.62 bits per heavy atom. The topological polar surface area (TPSA) is 69.4 Å². The third kappa shape index (κ3) is 3.69. The molecule has 0 aromatic carbocycles. The summed E-state index contributed by atoms with van der Waals surface area (Å²) in [4.78, 5) is 5.05. The molecule has 0 atom stereocenters. The van der Waals surface area contributed by atoms with Crippen molar-refractivity contribution in [2.45, 2.75) is 6.61 Å². The molecule has 5 nitrogen and oxygen atoms in total. The molecular weight excluding hydrogens is 190 g/mol. The van der Waals surface area contributed by atoms with E-state index in [1.807, 2.05) is 0 Å². The number of methoxy groups -OCH3 is 1. The fourth-order valence-corrected chi connectivity index (χ4v) is 1.42. The molecule has 0 unspecified atom stereocenters. The maximum absolute atomic E-state index is 5.29. The first-order valence-electron chi connectivity index (χ1n) is 3.85. The summed E-state index contributed by atoms with van der Waals surface area (Å²) in [7, 11) is 1.65. The third-order valence-corrected chi connectivity index (χ3v) is 2.26. The van der Waals surface area contributed by atoms with Crippen LogP contribution in [0.1, 0.15) is 4.88 Å². The van der Waals surface area contributed by atoms with E-state index in [1.165, 1.54) is 11.3 Å². The van der Waals surface area contributed by atoms with Crippen LogP contribution in [0.3, 0.4) is 0 Å². The van der Waals surface area contributed by atoms with Crippen LogP contribution in [0, 0.1) is 0 Å². The fraction of sp³-hybridized carbons (Fsp3) is 0.571. The first-order valence-corrected chi connectivity index (χ1v) is 4.66. The highest BCUT2D eigenvalue weighted by molar-refractivity contribution is 7.15. The molecule has 3 N–H and O–H groups in total. The lowest BCUT2D eigenvalue weighted by Crippen LogP contribution is -2.05. The molecule has 1 aromatic heterocycles. The van der Waals surface area contributed by atoms with E-state index in [0.29, 0.717) is 25.0 Å². The zero-order chi connectivity index (χ0) is 9.52. The summed E-state index contributed by atoms with van der Waals surface area (Å²) in [5.74, 6) is 5.18. The molecule has 0 fully saturated rings. The number of hydrogen-bond acceptors (Lipinski definition) is 6. The number of hydrazine groups is 1. The first-order chi connectivity index (χ1) is 6.36. The molecule has 0 radical (unpaired) electrons. The summed E-state index contributed by atoms with van der Waals surface area (Å²) in [6.07, 6.45) is 1.74. The van der Waals surface area contributed by atoms with Gasteiger partial charge in [0.25, 0.3) is 0 Å². The van der Waals surface area contributed by atoms with Gasteiger partial charge >= 0.3 is 0 Å². The maximum atomic E-state index is 5.29. The summed E-state index contributed by atoms with van der Waals surface area (Å²) in [5, 5.41) is 0.699. The number of ether oxygens (including phenoxy) is 2. The monoisotopic (exact) mass is 203 g/mol. The minimum absolute atomic E-state index is 0.558. The molecule has 1 rings (SSSR count). The van der Waals surface area contributed by atoms with Crippen LogP contribution >= 0.6 is 11.3 Å². The largest absolute Gasteiger partial charge is 0.382 e. The number of nitrogens with zero attached hydrogens (tertiary/aromatic N) is 1. The smallest absolute Gasteiger partial charge is 0.197 e. The molecule has 0 aliphatic rings. The van der Waals surface area contributed by atoms with Gasteiger partial charge in [0.05, 0.1) is 24.7 Å². The van der Waals surface area contributed by atoms with Crippen LogP contribution in [0.5, 0.6) is 0 Å². The van der Waals surface area contributed by atoms with Gasteiger partial charge in [0.2, 0.25) is 0 Å². The van der Waals surface area contributed by atoms with Gasteiger partial charge in [-0.05, 0) is 0 Å². The van der Waals surface area contributed by atoms with Gasteiger partial charge in [-0.1, -0.05) is 11.3 Å². The Balaban J connectivity index is 2.20. The lowest BCUT2D eigenvalue weighted by molar-refractivity contribution is 0.0628. The SMILES string of the molecule is COCCOCc1cnc(NN)s1. The average Bonchev–Trinajstić information content (AvgIpc) is 2.60. The van der Waals surface area contributed by atoms with E-state index in [1.54, 1.807) is 13.3 Å². The summed E-state index contributed by atoms with van der Waals surface area (Å²) in [6, 6.07) is 0. The van der Waals surface area contributed by atoms with Crippen molar-refractivity contribution < 1.29 is 9.47 Å². The standard InChI is InChI=1S/C7H13N3O2S/c1-11-2-3-12-5-6-4-9-7(10-8)13-6/h4H,2-3,5,8H2,1H3,(H,9,10). The van der Waals surface area contributed by atoms with Gasteiger partial charge in [0, 0.05) is 13.3 Å². The van der Waals surface area contributed by atoms with Gasteiger partial charge in [0.1, 0.15) is 0 Å². The van der Waals surface area contributed by atoms with Crippen LogP contribution in [0.25, 0.3) is 0 Å². The normalized spacial score (nSPS) is 10.3. The number of nitrogens with two attached hydrogens (primary N) is 1. The molecule has 0 aliphatic carbocycles. The molecule has 0 bridgehead atoms. The van der Waals surface area contributed by atoms with Gasteiger partial charge < -0.3 is 9.47 Å². The molecule has 0 spiro atoms. The van der Waals surface area contributed by atoms with E-state index < -0.39 is 0 Å². The predicted octanol–water partition coefficient (Wildman–Crippen LogP) is 0.592. The summed E-state index contributed by atoms with van der Waals surface area (Å²) >= 11 is 1.48. The molecule has 1 heterocycles. The zero-order valence-corrected chi connectivity index (χ0v) is 8.26. The van der Waals surface area contributed by atoms with E-state index in [2.05, 4.69) is 10.4 Å². The van der Waals surface area contributed by atoms with Gasteiger partial charge in [-0.2, -0.15) is 0 Å². The van der Waals surface area contributed by atoms with Crippen molar-refractivity contribution in [3.8, 4) is 0 Å². The van der Waals surface area contributed by atoms with Crippen molar-refractivity contribution in [1.82, 2.24) is 4.98 Å². The van der Waals surface area contributed by atoms with Crippen molar-refractivity contribution in [2.75, 3.05) is 25.7 Å². The highest BCUT2D eigenvalue weighted by atomic mass is 32.1. The van der Waals surface area contributed by atoms with Crippen LogP contribution < -0.4 is 11.3 Å². The number of hydrogen-bond donors (Lipinski definition) is 2. The van der Waals surface area contributed by atoms with Crippen molar-refractivity contribution >= 4 is 16.5 Å². The van der Waals surface area contributed by atoms with Crippen molar-refractivity contribution in [1.29, 1.82) is 0 Å². The summed E-state index contributed by atoms with van der Waals surface area (Å²) < 4.78 is 10.1. The van der Waals surface area contributed by atoms with Gasteiger partial charge in [0.15, 0.2) is 5.13 Å². The second-order valence-corrected chi connectivity index (χ2v) is 3.44. The maximum Gasteiger partial charge on any atom is 0.197 e. The van der Waals surface area contributed by atoms with Crippen molar-refractivity contribution in [2.24, 2.45) is 5.84 Å². The number of aromatic nitrogens is 1. The molecule has 6 heteroatoms. The van der Waals surface area contributed by atoms with Gasteiger partial charge in [-0.25, -0.2) is 10.8 Å². The highest BCUT2D eigenvalue weighted by Crippen LogP contribution is 2.17. The van der Waals surface area contributed by atoms with Crippen LogP contribution in [0.4, 0.5) is 5.13 Å². The second kappa shape index (κ2) is 5.87. The Bertz CT molecular complexity index is 241. The van der Waals surface area contributed by atoms with E-state index in [4.69, 9.17) is 15.3 Å². The lowest BCUT2D eigenvalue weighted by atomic mass is 10.6. The molecule has 1 aromatic rings. The lowest BCUT2D eigenvalue weighted by Gasteiger charge is -1.99. The summed E-state index contributed by atoms with van der Waals surface area (Å²) in [5.41, 5.74) is 2.48. The van der Waals surface area contributed by atoms with E-state index >= 15 is 0 Å². The molecule has 0 saturated heterocycles. The summed E-state index contributed by atoms with van der Waals surface area (Å²) in [6.45, 7) is 1.77. The second-order valence-electron chi connectivity index (χ2n) is 2.32. The zero-order valence-electron chi connectivity index (χ0n) is 7.45.